The molecule has 2 aromatic carbocycles. The maximum Gasteiger partial charge on any atom is 0.308 e. The largest absolute Gasteiger partial charge is 0.466 e. The highest BCUT2D eigenvalue weighted by Crippen LogP contribution is 2.24. The van der Waals surface area contributed by atoms with Crippen LogP contribution in [0.1, 0.15) is 61.6 Å². The van der Waals surface area contributed by atoms with E-state index in [-0.39, 0.29) is 30.0 Å². The molecular weight excluding hydrogens is 372 g/mol. The van der Waals surface area contributed by atoms with Crippen molar-refractivity contribution in [2.24, 2.45) is 0 Å². The second-order valence-corrected chi connectivity index (χ2v) is 7.71. The number of nitrogens with zero attached hydrogens (tertiary/aromatic N) is 1. The zero-order chi connectivity index (χ0) is 21.6. The lowest BCUT2D eigenvalue weighted by molar-refractivity contribution is -0.384. The molecule has 0 saturated heterocycles. The zero-order valence-corrected chi connectivity index (χ0v) is 17.1. The van der Waals surface area contributed by atoms with Crippen LogP contribution in [0.15, 0.2) is 48.5 Å². The first kappa shape index (κ1) is 22.1. The van der Waals surface area contributed by atoms with Crippen LogP contribution in [0.2, 0.25) is 0 Å². The third-order valence-corrected chi connectivity index (χ3v) is 4.48. The summed E-state index contributed by atoms with van der Waals surface area (Å²) in [5, 5.41) is 13.9. The summed E-state index contributed by atoms with van der Waals surface area (Å²) in [6.07, 6.45) is -0.124. The Balaban J connectivity index is 2.27. The van der Waals surface area contributed by atoms with Crippen LogP contribution < -0.4 is 5.32 Å². The van der Waals surface area contributed by atoms with Gasteiger partial charge in [0, 0.05) is 17.7 Å². The third kappa shape index (κ3) is 6.14. The minimum Gasteiger partial charge on any atom is -0.466 e. The van der Waals surface area contributed by atoms with Crippen LogP contribution >= 0.6 is 0 Å². The fraction of sp³-hybridized carbons (Fsp3) is 0.364. The van der Waals surface area contributed by atoms with Crippen molar-refractivity contribution >= 4 is 17.6 Å². The van der Waals surface area contributed by atoms with Gasteiger partial charge in [-0.05, 0) is 35.6 Å². The quantitative estimate of drug-likeness (QED) is 0.425. The Morgan fingerprint density at radius 2 is 1.79 bits per heavy atom. The Bertz CT molecular complexity index is 885. The number of rotatable bonds is 7. The van der Waals surface area contributed by atoms with Crippen LogP contribution in [0.25, 0.3) is 0 Å². The molecule has 2 aromatic rings. The molecule has 0 radical (unpaired) electrons. The van der Waals surface area contributed by atoms with E-state index < -0.39 is 16.9 Å². The highest BCUT2D eigenvalue weighted by molar-refractivity contribution is 5.94. The van der Waals surface area contributed by atoms with Gasteiger partial charge in [-0.2, -0.15) is 0 Å². The molecule has 7 nitrogen and oxygen atoms in total. The van der Waals surface area contributed by atoms with E-state index in [4.69, 9.17) is 4.74 Å². The summed E-state index contributed by atoms with van der Waals surface area (Å²) in [5.41, 5.74) is 1.85. The van der Waals surface area contributed by atoms with Gasteiger partial charge in [-0.15, -0.1) is 0 Å². The summed E-state index contributed by atoms with van der Waals surface area (Å²) in [6, 6.07) is 12.4. The van der Waals surface area contributed by atoms with E-state index in [0.717, 1.165) is 5.56 Å². The Morgan fingerprint density at radius 3 is 2.34 bits per heavy atom. The molecular formula is C22H26N2O5. The van der Waals surface area contributed by atoms with E-state index in [1.807, 2.05) is 12.1 Å². The molecule has 29 heavy (non-hydrogen) atoms. The predicted molar refractivity (Wildman–Crippen MR) is 110 cm³/mol. The summed E-state index contributed by atoms with van der Waals surface area (Å²) in [7, 11) is 0. The fourth-order valence-electron chi connectivity index (χ4n) is 2.86. The molecule has 2 rings (SSSR count). The SMILES string of the molecule is CCOC(=O)C[C@@H](NC(=O)c1ccc(C(C)(C)C)cc1)c1cccc([N+](=O)[O-])c1. The number of hydrogen-bond donors (Lipinski definition) is 1. The Hall–Kier alpha value is -3.22. The number of benzene rings is 2. The van der Waals surface area contributed by atoms with E-state index >= 15 is 0 Å². The number of nitro benzene ring substituents is 1. The first-order valence-corrected chi connectivity index (χ1v) is 9.43. The van der Waals surface area contributed by atoms with Gasteiger partial charge in [0.05, 0.1) is 24.0 Å². The van der Waals surface area contributed by atoms with Crippen LogP contribution in [0.3, 0.4) is 0 Å². The van der Waals surface area contributed by atoms with Gasteiger partial charge in [0.15, 0.2) is 0 Å². The smallest absolute Gasteiger partial charge is 0.308 e. The molecule has 0 unspecified atom stereocenters. The molecule has 1 atom stereocenters. The topological polar surface area (TPSA) is 98.5 Å². The second kappa shape index (κ2) is 9.32. The molecule has 0 aliphatic rings. The third-order valence-electron chi connectivity index (χ3n) is 4.48. The van der Waals surface area contributed by atoms with Gasteiger partial charge in [0.2, 0.25) is 0 Å². The summed E-state index contributed by atoms with van der Waals surface area (Å²) < 4.78 is 4.99. The Morgan fingerprint density at radius 1 is 1.14 bits per heavy atom. The number of nitro groups is 1. The minimum atomic E-state index is -0.747. The maximum atomic E-state index is 12.8. The molecule has 154 valence electrons. The molecule has 1 amide bonds. The van der Waals surface area contributed by atoms with Gasteiger partial charge in [-0.1, -0.05) is 45.0 Å². The van der Waals surface area contributed by atoms with Crippen molar-refractivity contribution in [1.82, 2.24) is 5.32 Å². The molecule has 0 aliphatic carbocycles. The van der Waals surface area contributed by atoms with E-state index in [9.17, 15) is 19.7 Å². The van der Waals surface area contributed by atoms with Gasteiger partial charge in [0.1, 0.15) is 0 Å². The highest BCUT2D eigenvalue weighted by atomic mass is 16.6. The number of carbonyl (C=O) groups is 2. The summed E-state index contributed by atoms with van der Waals surface area (Å²) in [5.74, 6) is -0.862. The molecule has 7 heteroatoms. The monoisotopic (exact) mass is 398 g/mol. The predicted octanol–water partition coefficient (Wildman–Crippen LogP) is 4.32. The number of ether oxygens (including phenoxy) is 1. The van der Waals surface area contributed by atoms with Crippen molar-refractivity contribution in [1.29, 1.82) is 0 Å². The molecule has 0 saturated carbocycles. The van der Waals surface area contributed by atoms with Crippen LogP contribution in [0.5, 0.6) is 0 Å². The van der Waals surface area contributed by atoms with Crippen molar-refractivity contribution in [3.63, 3.8) is 0 Å². The Kier molecular flexibility index (Phi) is 7.09. The Labute approximate surface area is 170 Å². The molecule has 0 bridgehead atoms. The second-order valence-electron chi connectivity index (χ2n) is 7.71. The van der Waals surface area contributed by atoms with E-state index in [1.54, 1.807) is 25.1 Å². The van der Waals surface area contributed by atoms with Crippen LogP contribution in [0, 0.1) is 10.1 Å². The van der Waals surface area contributed by atoms with Gasteiger partial charge in [-0.25, -0.2) is 0 Å². The van der Waals surface area contributed by atoms with Crippen molar-refractivity contribution < 1.29 is 19.2 Å². The number of amides is 1. The van der Waals surface area contributed by atoms with Gasteiger partial charge in [0.25, 0.3) is 11.6 Å². The standard InChI is InChI=1S/C22H26N2O5/c1-5-29-20(25)14-19(16-7-6-8-18(13-16)24(27)28)23-21(26)15-9-11-17(12-10-15)22(2,3)4/h6-13,19H,5,14H2,1-4H3,(H,23,26)/t19-/m1/s1. The molecule has 0 aliphatic heterocycles. The lowest BCUT2D eigenvalue weighted by Crippen LogP contribution is -2.30. The van der Waals surface area contributed by atoms with Crippen molar-refractivity contribution in [2.45, 2.75) is 45.6 Å². The molecule has 0 aromatic heterocycles. The first-order chi connectivity index (χ1) is 13.6. The summed E-state index contributed by atoms with van der Waals surface area (Å²) in [4.78, 5) is 35.3. The fourth-order valence-corrected chi connectivity index (χ4v) is 2.86. The maximum absolute atomic E-state index is 12.8. The zero-order valence-electron chi connectivity index (χ0n) is 17.1. The van der Waals surface area contributed by atoms with Crippen LogP contribution in [0.4, 0.5) is 5.69 Å². The number of esters is 1. The molecule has 0 spiro atoms. The number of hydrogen-bond acceptors (Lipinski definition) is 5. The van der Waals surface area contributed by atoms with Crippen molar-refractivity contribution in [3.8, 4) is 0 Å². The molecule has 0 heterocycles. The minimum absolute atomic E-state index is 0.0373. The van der Waals surface area contributed by atoms with Crippen LogP contribution in [-0.2, 0) is 14.9 Å². The average Bonchev–Trinajstić information content (AvgIpc) is 2.67. The van der Waals surface area contributed by atoms with Crippen molar-refractivity contribution in [3.05, 3.63) is 75.3 Å². The normalized spacial score (nSPS) is 12.1. The number of nitrogens with one attached hydrogen (secondary N) is 1. The highest BCUT2D eigenvalue weighted by Gasteiger charge is 2.22. The van der Waals surface area contributed by atoms with E-state index in [2.05, 4.69) is 26.1 Å². The lowest BCUT2D eigenvalue weighted by atomic mass is 9.86. The van der Waals surface area contributed by atoms with Gasteiger partial charge in [-0.3, -0.25) is 19.7 Å². The summed E-state index contributed by atoms with van der Waals surface area (Å²) in [6.45, 7) is 8.15. The number of carbonyl (C=O) groups excluding carboxylic acids is 2. The molecule has 1 N–H and O–H groups in total. The lowest BCUT2D eigenvalue weighted by Gasteiger charge is -2.20. The number of non-ortho nitro benzene ring substituents is 1. The summed E-state index contributed by atoms with van der Waals surface area (Å²) >= 11 is 0. The average molecular weight is 398 g/mol. The molecule has 0 fully saturated rings. The van der Waals surface area contributed by atoms with Gasteiger partial charge >= 0.3 is 5.97 Å². The van der Waals surface area contributed by atoms with Crippen LogP contribution in [-0.4, -0.2) is 23.4 Å². The first-order valence-electron chi connectivity index (χ1n) is 9.43. The van der Waals surface area contributed by atoms with E-state index in [0.29, 0.717) is 11.1 Å². The van der Waals surface area contributed by atoms with Gasteiger partial charge < -0.3 is 10.1 Å². The van der Waals surface area contributed by atoms with Crippen molar-refractivity contribution in [2.75, 3.05) is 6.61 Å². The van der Waals surface area contributed by atoms with E-state index in [1.165, 1.54) is 18.2 Å².